The molecule has 0 spiro atoms. The van der Waals surface area contributed by atoms with Crippen molar-refractivity contribution in [3.63, 3.8) is 0 Å². The van der Waals surface area contributed by atoms with E-state index in [1.165, 1.54) is 0 Å². The van der Waals surface area contributed by atoms with E-state index in [0.717, 1.165) is 10.5 Å². The van der Waals surface area contributed by atoms with Crippen LogP contribution in [0.4, 0.5) is 31.1 Å². The molecular weight excluding hydrogens is 510 g/mol. The molecule has 196 valence electrons. The van der Waals surface area contributed by atoms with Crippen LogP contribution in [-0.4, -0.2) is 78.2 Å². The van der Waals surface area contributed by atoms with Crippen LogP contribution in [0.2, 0.25) is 5.02 Å². The minimum Gasteiger partial charge on any atom is -0.491 e. The topological polar surface area (TPSA) is 79.3 Å². The number of hydrogen-bond acceptors (Lipinski definition) is 5. The number of carboxylic acids is 1. The van der Waals surface area contributed by atoms with Crippen molar-refractivity contribution in [3.8, 4) is 5.75 Å². The van der Waals surface area contributed by atoms with Crippen LogP contribution in [0.5, 0.6) is 5.75 Å². The minimum absolute atomic E-state index is 0.00241. The van der Waals surface area contributed by atoms with E-state index in [1.807, 2.05) is 4.90 Å². The van der Waals surface area contributed by atoms with Gasteiger partial charge in [0.2, 0.25) is 0 Å². The van der Waals surface area contributed by atoms with E-state index in [0.29, 0.717) is 35.7 Å². The second-order valence-corrected chi connectivity index (χ2v) is 9.02. The molecule has 2 fully saturated rings. The van der Waals surface area contributed by atoms with E-state index < -0.39 is 35.9 Å². The zero-order chi connectivity index (χ0) is 26.2. The molecule has 1 saturated carbocycles. The van der Waals surface area contributed by atoms with Crippen LogP contribution in [0.3, 0.4) is 0 Å². The Balaban J connectivity index is 1.54. The van der Waals surface area contributed by atoms with Gasteiger partial charge in [0.15, 0.2) is 0 Å². The Labute approximate surface area is 201 Å². The van der Waals surface area contributed by atoms with Gasteiger partial charge in [-0.1, -0.05) is 17.7 Å². The van der Waals surface area contributed by atoms with Gasteiger partial charge in [-0.25, -0.2) is 4.79 Å². The lowest BCUT2D eigenvalue weighted by Gasteiger charge is -2.35. The first kappa shape index (κ1) is 27.2. The zero-order valence-electron chi connectivity index (χ0n) is 18.5. The van der Waals surface area contributed by atoms with Crippen LogP contribution < -0.4 is 4.74 Å². The molecule has 1 N–H and O–H groups in total. The van der Waals surface area contributed by atoms with Crippen LogP contribution in [0.25, 0.3) is 0 Å². The summed E-state index contributed by atoms with van der Waals surface area (Å²) >= 11 is 6.39. The van der Waals surface area contributed by atoms with Gasteiger partial charge in [0.05, 0.1) is 5.02 Å². The fourth-order valence-electron chi connectivity index (χ4n) is 3.59. The number of halogens is 7. The van der Waals surface area contributed by atoms with Gasteiger partial charge in [0.25, 0.3) is 6.10 Å². The summed E-state index contributed by atoms with van der Waals surface area (Å²) in [6, 6.07) is 3.36. The molecule has 1 aromatic carbocycles. The maximum atomic E-state index is 12.6. The number of carbonyl (C=O) groups excluding carboxylic acids is 1. The maximum absolute atomic E-state index is 12.6. The van der Waals surface area contributed by atoms with Gasteiger partial charge < -0.3 is 19.5 Å². The number of ether oxygens (including phenoxy) is 2. The van der Waals surface area contributed by atoms with E-state index in [9.17, 15) is 41.0 Å². The van der Waals surface area contributed by atoms with Gasteiger partial charge in [-0.3, -0.25) is 9.69 Å². The van der Waals surface area contributed by atoms with Crippen LogP contribution in [0, 0.1) is 12.3 Å². The van der Waals surface area contributed by atoms with E-state index >= 15 is 0 Å². The van der Waals surface area contributed by atoms with Crippen molar-refractivity contribution in [2.24, 2.45) is 5.41 Å². The van der Waals surface area contributed by atoms with E-state index in [-0.39, 0.29) is 32.8 Å². The molecule has 0 atom stereocenters. The Morgan fingerprint density at radius 3 is 2.14 bits per heavy atom. The zero-order valence-corrected chi connectivity index (χ0v) is 19.3. The highest BCUT2D eigenvalue weighted by Crippen LogP contribution is 2.46. The molecule has 0 aromatic heterocycles. The minimum atomic E-state index is -5.77. The largest absolute Gasteiger partial charge is 0.491 e. The first-order valence-electron chi connectivity index (χ1n) is 10.6. The molecule has 1 amide bonds. The lowest BCUT2D eigenvalue weighted by Crippen LogP contribution is -2.52. The van der Waals surface area contributed by atoms with Gasteiger partial charge >= 0.3 is 24.4 Å². The van der Waals surface area contributed by atoms with Crippen molar-refractivity contribution >= 4 is 23.7 Å². The third-order valence-electron chi connectivity index (χ3n) is 6.11. The predicted octanol–water partition coefficient (Wildman–Crippen LogP) is 4.64. The number of carboxylic acid groups (broad SMARTS) is 1. The molecule has 3 rings (SSSR count). The number of alkyl halides is 6. The molecule has 1 aliphatic heterocycles. The van der Waals surface area contributed by atoms with E-state index in [2.05, 4.69) is 4.74 Å². The highest BCUT2D eigenvalue weighted by molar-refractivity contribution is 6.32. The molecule has 7 nitrogen and oxygen atoms in total. The van der Waals surface area contributed by atoms with Crippen molar-refractivity contribution in [2.75, 3.05) is 32.8 Å². The molecular formula is C21H23ClF6N2O5. The summed E-state index contributed by atoms with van der Waals surface area (Å²) in [5.74, 6) is -0.575. The molecule has 35 heavy (non-hydrogen) atoms. The summed E-state index contributed by atoms with van der Waals surface area (Å²) in [7, 11) is 0. The second-order valence-electron chi connectivity index (χ2n) is 8.65. The first-order valence-corrected chi connectivity index (χ1v) is 11.0. The van der Waals surface area contributed by atoms with Crippen molar-refractivity contribution in [1.29, 1.82) is 0 Å². The Bertz CT molecular complexity index is 945. The number of carbonyl (C=O) groups is 2. The number of hydrogen-bond donors (Lipinski definition) is 1. The van der Waals surface area contributed by atoms with Crippen molar-refractivity contribution in [3.05, 3.63) is 28.3 Å². The number of piperazine rings is 1. The number of benzene rings is 1. The summed E-state index contributed by atoms with van der Waals surface area (Å²) in [6.07, 6.45) is -16.3. The molecule has 0 radical (unpaired) electrons. The van der Waals surface area contributed by atoms with Gasteiger partial charge in [-0.15, -0.1) is 0 Å². The summed E-state index contributed by atoms with van der Waals surface area (Å²) in [5, 5.41) is 9.56. The van der Waals surface area contributed by atoms with Gasteiger partial charge in [-0.2, -0.15) is 26.3 Å². The summed E-state index contributed by atoms with van der Waals surface area (Å²) in [4.78, 5) is 25.8. The fourth-order valence-corrected chi connectivity index (χ4v) is 3.83. The Morgan fingerprint density at radius 2 is 1.66 bits per heavy atom. The van der Waals surface area contributed by atoms with Crippen molar-refractivity contribution < 1.29 is 50.5 Å². The summed E-state index contributed by atoms with van der Waals surface area (Å²) in [5.41, 5.74) is 0.605. The molecule has 1 heterocycles. The van der Waals surface area contributed by atoms with Crippen LogP contribution in [0.15, 0.2) is 12.1 Å². The predicted molar refractivity (Wildman–Crippen MR) is 110 cm³/mol. The molecule has 1 aromatic rings. The van der Waals surface area contributed by atoms with Crippen LogP contribution in [0.1, 0.15) is 24.0 Å². The Hall–Kier alpha value is -2.41. The second kappa shape index (κ2) is 9.92. The highest BCUT2D eigenvalue weighted by Gasteiger charge is 2.60. The smallest absolute Gasteiger partial charge is 0.434 e. The van der Waals surface area contributed by atoms with E-state index in [4.69, 9.17) is 16.3 Å². The lowest BCUT2D eigenvalue weighted by molar-refractivity contribution is -0.308. The molecule has 14 heteroatoms. The van der Waals surface area contributed by atoms with E-state index in [1.54, 1.807) is 19.1 Å². The molecule has 1 aliphatic carbocycles. The normalized spacial score (nSPS) is 18.5. The van der Waals surface area contributed by atoms with Gasteiger partial charge in [0.1, 0.15) is 17.8 Å². The summed E-state index contributed by atoms with van der Waals surface area (Å²) in [6.45, 7) is 2.25. The Kier molecular flexibility index (Phi) is 7.70. The number of rotatable bonds is 7. The van der Waals surface area contributed by atoms with Crippen LogP contribution >= 0.6 is 11.6 Å². The quantitative estimate of drug-likeness (QED) is 0.516. The van der Waals surface area contributed by atoms with Crippen LogP contribution in [-0.2, 0) is 16.1 Å². The lowest BCUT2D eigenvalue weighted by atomic mass is 10.1. The molecule has 0 bridgehead atoms. The number of aliphatic carboxylic acids is 1. The van der Waals surface area contributed by atoms with Crippen molar-refractivity contribution in [2.45, 2.75) is 44.8 Å². The monoisotopic (exact) mass is 532 g/mol. The standard InChI is InChI=1S/C21H23ClF6N2O5/c1-12-13(2-3-14(15(12)22)34-11-19(4-5-19)17(31)32)10-29-6-8-30(9-7-29)18(33)35-16(20(23,24)25)21(26,27)28/h2-3,16H,4-11H2,1H3,(H,31,32). The van der Waals surface area contributed by atoms with Gasteiger partial charge in [0, 0.05) is 32.7 Å². The first-order chi connectivity index (χ1) is 16.1. The number of nitrogens with zero attached hydrogens (tertiary/aromatic N) is 2. The average molecular weight is 533 g/mol. The third kappa shape index (κ3) is 6.43. The van der Waals surface area contributed by atoms with Crippen molar-refractivity contribution in [1.82, 2.24) is 9.80 Å². The molecule has 0 unspecified atom stereocenters. The third-order valence-corrected chi connectivity index (χ3v) is 6.58. The molecule has 1 saturated heterocycles. The SMILES string of the molecule is Cc1c(CN2CCN(C(=O)OC(C(F)(F)F)C(F)(F)F)CC2)ccc(OCC2(C(=O)O)CC2)c1Cl. The Morgan fingerprint density at radius 1 is 1.09 bits per heavy atom. The maximum Gasteiger partial charge on any atom is 0.434 e. The molecule has 2 aliphatic rings. The van der Waals surface area contributed by atoms with Gasteiger partial charge in [-0.05, 0) is 37.0 Å². The average Bonchev–Trinajstić information content (AvgIpc) is 3.55. The number of amides is 1. The highest BCUT2D eigenvalue weighted by atomic mass is 35.5. The fraction of sp³-hybridized carbons (Fsp3) is 0.619. The summed E-state index contributed by atoms with van der Waals surface area (Å²) < 4.78 is 85.1.